The number of rotatable bonds is 4. The maximum absolute atomic E-state index is 11.7. The van der Waals surface area contributed by atoms with E-state index >= 15 is 0 Å². The van der Waals surface area contributed by atoms with Crippen LogP contribution in [0.3, 0.4) is 0 Å². The number of aryl methyl sites for hydroxylation is 1. The Morgan fingerprint density at radius 2 is 1.95 bits per heavy atom. The standard InChI is InChI=1S/C12H12N4O2S/c1-8-15-16-12(19-8)14-10(17)7-13-11(18)9-5-3-2-4-6-9/h2-6H,7H2,1H3,(H,13,18)(H,14,16,17). The van der Waals surface area contributed by atoms with Crippen LogP contribution < -0.4 is 10.6 Å². The van der Waals surface area contributed by atoms with Crippen LogP contribution >= 0.6 is 11.3 Å². The maximum atomic E-state index is 11.7. The van der Waals surface area contributed by atoms with E-state index in [0.29, 0.717) is 10.7 Å². The minimum Gasteiger partial charge on any atom is -0.343 e. The molecule has 0 bridgehead atoms. The molecule has 0 atom stereocenters. The SMILES string of the molecule is Cc1nnc(NC(=O)CNC(=O)c2ccccc2)s1. The first kappa shape index (κ1) is 13.2. The predicted molar refractivity (Wildman–Crippen MR) is 72.1 cm³/mol. The molecule has 0 saturated carbocycles. The van der Waals surface area contributed by atoms with Gasteiger partial charge in [0.2, 0.25) is 11.0 Å². The molecule has 1 heterocycles. The van der Waals surface area contributed by atoms with Crippen LogP contribution in [0, 0.1) is 6.92 Å². The van der Waals surface area contributed by atoms with Gasteiger partial charge in [-0.15, -0.1) is 10.2 Å². The van der Waals surface area contributed by atoms with Crippen molar-refractivity contribution < 1.29 is 9.59 Å². The van der Waals surface area contributed by atoms with Crippen molar-refractivity contribution in [2.75, 3.05) is 11.9 Å². The molecule has 0 fully saturated rings. The second kappa shape index (κ2) is 6.05. The number of carbonyl (C=O) groups excluding carboxylic acids is 2. The van der Waals surface area contributed by atoms with Gasteiger partial charge in [-0.2, -0.15) is 0 Å². The zero-order valence-corrected chi connectivity index (χ0v) is 11.0. The molecule has 2 N–H and O–H groups in total. The first-order valence-electron chi connectivity index (χ1n) is 5.58. The molecule has 0 saturated heterocycles. The van der Waals surface area contributed by atoms with Gasteiger partial charge in [-0.05, 0) is 19.1 Å². The van der Waals surface area contributed by atoms with Crippen LogP contribution in [0.1, 0.15) is 15.4 Å². The van der Waals surface area contributed by atoms with Crippen molar-refractivity contribution in [3.05, 3.63) is 40.9 Å². The molecule has 1 aromatic heterocycles. The van der Waals surface area contributed by atoms with E-state index in [1.807, 2.05) is 6.07 Å². The number of benzene rings is 1. The molecule has 0 aliphatic heterocycles. The number of carbonyl (C=O) groups is 2. The molecule has 0 spiro atoms. The molecule has 0 aliphatic rings. The number of aromatic nitrogens is 2. The van der Waals surface area contributed by atoms with Crippen LogP contribution in [0.5, 0.6) is 0 Å². The lowest BCUT2D eigenvalue weighted by molar-refractivity contribution is -0.115. The van der Waals surface area contributed by atoms with Crippen LogP contribution in [0.4, 0.5) is 5.13 Å². The minimum atomic E-state index is -0.333. The van der Waals surface area contributed by atoms with E-state index in [1.54, 1.807) is 31.2 Å². The van der Waals surface area contributed by atoms with E-state index in [1.165, 1.54) is 11.3 Å². The van der Waals surface area contributed by atoms with Gasteiger partial charge in [0.25, 0.3) is 5.91 Å². The van der Waals surface area contributed by atoms with Crippen LogP contribution in [-0.4, -0.2) is 28.6 Å². The van der Waals surface area contributed by atoms with Gasteiger partial charge < -0.3 is 5.32 Å². The van der Waals surface area contributed by atoms with Gasteiger partial charge in [-0.3, -0.25) is 14.9 Å². The summed E-state index contributed by atoms with van der Waals surface area (Å²) in [5.74, 6) is -0.621. The maximum Gasteiger partial charge on any atom is 0.251 e. The number of amides is 2. The summed E-state index contributed by atoms with van der Waals surface area (Å²) in [7, 11) is 0. The number of hydrogen-bond donors (Lipinski definition) is 2. The summed E-state index contributed by atoms with van der Waals surface area (Å²) in [5.41, 5.74) is 0.516. The van der Waals surface area contributed by atoms with Crippen molar-refractivity contribution in [3.8, 4) is 0 Å². The monoisotopic (exact) mass is 276 g/mol. The third kappa shape index (κ3) is 3.85. The number of anilines is 1. The average Bonchev–Trinajstić information content (AvgIpc) is 2.82. The summed E-state index contributed by atoms with van der Waals surface area (Å²) in [6, 6.07) is 8.71. The van der Waals surface area contributed by atoms with Crippen LogP contribution in [0.2, 0.25) is 0 Å². The van der Waals surface area contributed by atoms with E-state index in [-0.39, 0.29) is 18.4 Å². The lowest BCUT2D eigenvalue weighted by Crippen LogP contribution is -2.32. The summed E-state index contributed by atoms with van der Waals surface area (Å²) in [4.78, 5) is 23.3. The molecule has 1 aromatic carbocycles. The van der Waals surface area contributed by atoms with Gasteiger partial charge in [0.1, 0.15) is 5.01 Å². The smallest absolute Gasteiger partial charge is 0.251 e. The highest BCUT2D eigenvalue weighted by atomic mass is 32.1. The zero-order chi connectivity index (χ0) is 13.7. The summed E-state index contributed by atoms with van der Waals surface area (Å²) in [6.07, 6.45) is 0. The first-order chi connectivity index (χ1) is 9.15. The van der Waals surface area contributed by atoms with Crippen LogP contribution in [-0.2, 0) is 4.79 Å². The quantitative estimate of drug-likeness (QED) is 0.879. The minimum absolute atomic E-state index is 0.105. The van der Waals surface area contributed by atoms with Crippen LogP contribution in [0.15, 0.2) is 30.3 Å². The Kier molecular flexibility index (Phi) is 4.19. The summed E-state index contributed by atoms with van der Waals surface area (Å²) in [6.45, 7) is 1.69. The van der Waals surface area contributed by atoms with E-state index in [4.69, 9.17) is 0 Å². The van der Waals surface area contributed by atoms with Gasteiger partial charge in [-0.25, -0.2) is 0 Å². The van der Waals surface area contributed by atoms with Gasteiger partial charge in [-0.1, -0.05) is 29.5 Å². The molecule has 0 unspecified atom stereocenters. The Bertz CT molecular complexity index is 582. The third-order valence-corrected chi connectivity index (χ3v) is 2.97. The van der Waals surface area contributed by atoms with Gasteiger partial charge in [0.05, 0.1) is 6.54 Å². The Morgan fingerprint density at radius 3 is 2.58 bits per heavy atom. The van der Waals surface area contributed by atoms with Crippen molar-refractivity contribution in [3.63, 3.8) is 0 Å². The van der Waals surface area contributed by atoms with Gasteiger partial charge in [0, 0.05) is 5.56 Å². The highest BCUT2D eigenvalue weighted by Gasteiger charge is 2.09. The van der Waals surface area contributed by atoms with E-state index < -0.39 is 0 Å². The molecular formula is C12H12N4O2S. The molecule has 2 amide bonds. The van der Waals surface area contributed by atoms with Gasteiger partial charge >= 0.3 is 0 Å². The number of hydrogen-bond acceptors (Lipinski definition) is 5. The second-order valence-electron chi connectivity index (χ2n) is 3.72. The predicted octanol–water partition coefficient (Wildman–Crippen LogP) is 1.22. The average molecular weight is 276 g/mol. The summed E-state index contributed by atoms with van der Waals surface area (Å²) < 4.78 is 0. The zero-order valence-electron chi connectivity index (χ0n) is 10.2. The fourth-order valence-corrected chi connectivity index (χ4v) is 1.97. The molecule has 98 valence electrons. The Morgan fingerprint density at radius 1 is 1.21 bits per heavy atom. The molecule has 0 aliphatic carbocycles. The molecule has 19 heavy (non-hydrogen) atoms. The lowest BCUT2D eigenvalue weighted by Gasteiger charge is -2.04. The second-order valence-corrected chi connectivity index (χ2v) is 4.90. The molecule has 6 nitrogen and oxygen atoms in total. The van der Waals surface area contributed by atoms with E-state index in [9.17, 15) is 9.59 Å². The molecular weight excluding hydrogens is 264 g/mol. The van der Waals surface area contributed by atoms with Crippen LogP contribution in [0.25, 0.3) is 0 Å². The normalized spacial score (nSPS) is 9.95. The fraction of sp³-hybridized carbons (Fsp3) is 0.167. The Hall–Kier alpha value is -2.28. The molecule has 2 aromatic rings. The van der Waals surface area contributed by atoms with E-state index in [2.05, 4.69) is 20.8 Å². The largest absolute Gasteiger partial charge is 0.343 e. The summed E-state index contributed by atoms with van der Waals surface area (Å²) in [5, 5.41) is 13.8. The lowest BCUT2D eigenvalue weighted by atomic mass is 10.2. The van der Waals surface area contributed by atoms with Crippen molar-refractivity contribution >= 4 is 28.3 Å². The van der Waals surface area contributed by atoms with Crippen molar-refractivity contribution in [2.45, 2.75) is 6.92 Å². The highest BCUT2D eigenvalue weighted by molar-refractivity contribution is 7.15. The van der Waals surface area contributed by atoms with Crippen molar-refractivity contribution in [1.29, 1.82) is 0 Å². The number of nitrogens with zero attached hydrogens (tertiary/aromatic N) is 2. The van der Waals surface area contributed by atoms with Crippen molar-refractivity contribution in [2.24, 2.45) is 0 Å². The van der Waals surface area contributed by atoms with Gasteiger partial charge in [0.15, 0.2) is 0 Å². The number of nitrogens with one attached hydrogen (secondary N) is 2. The molecule has 2 rings (SSSR count). The molecule has 7 heteroatoms. The summed E-state index contributed by atoms with van der Waals surface area (Å²) >= 11 is 1.28. The molecule has 0 radical (unpaired) electrons. The topological polar surface area (TPSA) is 84.0 Å². The van der Waals surface area contributed by atoms with Crippen molar-refractivity contribution in [1.82, 2.24) is 15.5 Å². The highest BCUT2D eigenvalue weighted by Crippen LogP contribution is 2.12. The Balaban J connectivity index is 1.82. The first-order valence-corrected chi connectivity index (χ1v) is 6.40. The third-order valence-electron chi connectivity index (χ3n) is 2.22. The van der Waals surface area contributed by atoms with E-state index in [0.717, 1.165) is 5.01 Å². The fourth-order valence-electron chi connectivity index (χ4n) is 1.36. The Labute approximate surface area is 113 Å².